The molecule has 0 aliphatic carbocycles. The Morgan fingerprint density at radius 3 is 1.44 bits per heavy atom. The number of halogens is 1. The zero-order valence-corrected chi connectivity index (χ0v) is 30.0. The van der Waals surface area contributed by atoms with Crippen LogP contribution in [-0.2, 0) is 0 Å². The van der Waals surface area contributed by atoms with Crippen molar-refractivity contribution in [2.24, 2.45) is 0 Å². The maximum Gasteiger partial charge on any atom is 0.123 e. The van der Waals surface area contributed by atoms with Gasteiger partial charge in [-0.15, -0.1) is 0 Å². The van der Waals surface area contributed by atoms with E-state index in [1.165, 1.54) is 61.4 Å². The Morgan fingerprint density at radius 1 is 0.327 bits per heavy atom. The van der Waals surface area contributed by atoms with Crippen LogP contribution in [0.2, 0.25) is 0 Å². The van der Waals surface area contributed by atoms with Crippen molar-refractivity contribution in [1.82, 2.24) is 4.57 Å². The van der Waals surface area contributed by atoms with Gasteiger partial charge in [0.15, 0.2) is 0 Å². The second kappa shape index (κ2) is 13.6. The van der Waals surface area contributed by atoms with Gasteiger partial charge in [-0.2, -0.15) is 0 Å². The monoisotopic (exact) mass is 706 g/mol. The molecule has 0 saturated heterocycles. The molecule has 3 heteroatoms. The third-order valence-corrected chi connectivity index (χ3v) is 10.7. The van der Waals surface area contributed by atoms with Crippen molar-refractivity contribution in [2.75, 3.05) is 4.90 Å². The second-order valence-electron chi connectivity index (χ2n) is 14.0. The van der Waals surface area contributed by atoms with E-state index in [0.29, 0.717) is 0 Å². The highest BCUT2D eigenvalue weighted by Crippen LogP contribution is 2.39. The Kier molecular flexibility index (Phi) is 8.04. The SMILES string of the molecule is Fc1ccc(-c2ccc(N(c3ccc(-c4ccccc4)cc3)c3ccc(-c4ccc5c(c4)c4ccccc4n5-c4ccc5ccccc5c4)cc3)cc2)cc1. The first-order valence-electron chi connectivity index (χ1n) is 18.6. The van der Waals surface area contributed by atoms with Crippen LogP contribution in [0.25, 0.3) is 71.6 Å². The predicted molar refractivity (Wildman–Crippen MR) is 229 cm³/mol. The lowest BCUT2D eigenvalue weighted by Gasteiger charge is -2.26. The number of hydrogen-bond acceptors (Lipinski definition) is 1. The molecular weight excluding hydrogens is 672 g/mol. The van der Waals surface area contributed by atoms with Crippen LogP contribution >= 0.6 is 0 Å². The van der Waals surface area contributed by atoms with E-state index >= 15 is 0 Å². The summed E-state index contributed by atoms with van der Waals surface area (Å²) in [6, 6.07) is 73.9. The zero-order valence-electron chi connectivity index (χ0n) is 30.0. The lowest BCUT2D eigenvalue weighted by atomic mass is 10.0. The van der Waals surface area contributed by atoms with Crippen molar-refractivity contribution in [2.45, 2.75) is 0 Å². The highest BCUT2D eigenvalue weighted by Gasteiger charge is 2.16. The summed E-state index contributed by atoms with van der Waals surface area (Å²) < 4.78 is 16.0. The molecule has 0 unspecified atom stereocenters. The van der Waals surface area contributed by atoms with Crippen LogP contribution in [-0.4, -0.2) is 4.57 Å². The molecule has 0 spiro atoms. The summed E-state index contributed by atoms with van der Waals surface area (Å²) in [6.07, 6.45) is 0. The quantitative estimate of drug-likeness (QED) is 0.160. The standard InChI is InChI=1S/C52H35FN2/c53-44-24-14-38(15-25-44)40-18-28-46(29-19-40)54(45-26-16-39(17-27-45)36-8-2-1-3-9-36)47-30-20-41(21-31-47)43-23-33-52-50(35-43)49-12-6-7-13-51(49)55(52)48-32-22-37-10-4-5-11-42(37)34-48/h1-35H. The average molecular weight is 707 g/mol. The minimum absolute atomic E-state index is 0.235. The number of anilines is 3. The van der Waals surface area contributed by atoms with Crippen LogP contribution < -0.4 is 4.90 Å². The van der Waals surface area contributed by atoms with Crippen molar-refractivity contribution in [1.29, 1.82) is 0 Å². The second-order valence-corrected chi connectivity index (χ2v) is 14.0. The summed E-state index contributed by atoms with van der Waals surface area (Å²) in [4.78, 5) is 2.29. The molecule has 0 bridgehead atoms. The number of nitrogens with zero attached hydrogens (tertiary/aromatic N) is 2. The normalized spacial score (nSPS) is 11.4. The van der Waals surface area contributed by atoms with Gasteiger partial charge < -0.3 is 9.47 Å². The van der Waals surface area contributed by atoms with Crippen LogP contribution in [0.4, 0.5) is 21.5 Å². The number of para-hydroxylation sites is 1. The first-order valence-corrected chi connectivity index (χ1v) is 18.6. The Morgan fingerprint density at radius 2 is 0.800 bits per heavy atom. The fraction of sp³-hybridized carbons (Fsp3) is 0. The van der Waals surface area contributed by atoms with Gasteiger partial charge in [-0.05, 0) is 123 Å². The minimum atomic E-state index is -0.235. The van der Waals surface area contributed by atoms with Crippen LogP contribution in [0, 0.1) is 5.82 Å². The number of benzene rings is 9. The molecule has 1 aromatic heterocycles. The van der Waals surface area contributed by atoms with Gasteiger partial charge in [0.05, 0.1) is 11.0 Å². The summed E-state index contributed by atoms with van der Waals surface area (Å²) in [6.45, 7) is 0. The Balaban J connectivity index is 1.03. The van der Waals surface area contributed by atoms with Gasteiger partial charge in [-0.3, -0.25) is 0 Å². The number of aromatic nitrogens is 1. The van der Waals surface area contributed by atoms with Gasteiger partial charge in [0.1, 0.15) is 5.82 Å². The van der Waals surface area contributed by atoms with Crippen LogP contribution in [0.15, 0.2) is 212 Å². The third kappa shape index (κ3) is 6.02. The molecule has 1 heterocycles. The molecule has 9 aromatic carbocycles. The fourth-order valence-electron chi connectivity index (χ4n) is 7.88. The molecule has 0 amide bonds. The maximum atomic E-state index is 13.7. The smallest absolute Gasteiger partial charge is 0.123 e. The highest BCUT2D eigenvalue weighted by molar-refractivity contribution is 6.10. The summed E-state index contributed by atoms with van der Waals surface area (Å²) in [5.74, 6) is -0.235. The average Bonchev–Trinajstić information content (AvgIpc) is 3.59. The molecule has 0 aliphatic rings. The van der Waals surface area contributed by atoms with Crippen molar-refractivity contribution >= 4 is 49.6 Å². The predicted octanol–water partition coefficient (Wildman–Crippen LogP) is 14.5. The Hall–Kier alpha value is -7.23. The van der Waals surface area contributed by atoms with Crippen LogP contribution in [0.3, 0.4) is 0 Å². The van der Waals surface area contributed by atoms with Crippen LogP contribution in [0.5, 0.6) is 0 Å². The van der Waals surface area contributed by atoms with Gasteiger partial charge in [0.2, 0.25) is 0 Å². The van der Waals surface area contributed by atoms with Crippen molar-refractivity contribution in [3.63, 3.8) is 0 Å². The molecule has 0 fully saturated rings. The molecule has 0 N–H and O–H groups in total. The molecule has 55 heavy (non-hydrogen) atoms. The van der Waals surface area contributed by atoms with Gasteiger partial charge in [-0.1, -0.05) is 133 Å². The molecule has 0 atom stereocenters. The van der Waals surface area contributed by atoms with E-state index in [0.717, 1.165) is 39.4 Å². The molecule has 260 valence electrons. The topological polar surface area (TPSA) is 8.17 Å². The summed E-state index contributed by atoms with van der Waals surface area (Å²) >= 11 is 0. The number of fused-ring (bicyclic) bond motifs is 4. The minimum Gasteiger partial charge on any atom is -0.311 e. The first kappa shape index (κ1) is 32.4. The highest BCUT2D eigenvalue weighted by atomic mass is 19.1. The van der Waals surface area contributed by atoms with Crippen molar-refractivity contribution in [3.8, 4) is 39.1 Å². The summed E-state index contributed by atoms with van der Waals surface area (Å²) in [7, 11) is 0. The zero-order chi connectivity index (χ0) is 36.7. The largest absolute Gasteiger partial charge is 0.311 e. The van der Waals surface area contributed by atoms with Gasteiger partial charge >= 0.3 is 0 Å². The number of rotatable bonds is 7. The lowest BCUT2D eigenvalue weighted by Crippen LogP contribution is -2.09. The summed E-state index contributed by atoms with van der Waals surface area (Å²) in [5.41, 5.74) is 13.4. The fourth-order valence-corrected chi connectivity index (χ4v) is 7.88. The number of hydrogen-bond donors (Lipinski definition) is 0. The molecule has 0 aliphatic heterocycles. The molecule has 2 nitrogen and oxygen atoms in total. The van der Waals surface area contributed by atoms with E-state index in [9.17, 15) is 4.39 Å². The van der Waals surface area contributed by atoms with Crippen molar-refractivity contribution < 1.29 is 4.39 Å². The van der Waals surface area contributed by atoms with E-state index in [1.54, 1.807) is 0 Å². The lowest BCUT2D eigenvalue weighted by molar-refractivity contribution is 0.628. The molecule has 0 saturated carbocycles. The molecular formula is C52H35FN2. The Bertz CT molecular complexity index is 2950. The van der Waals surface area contributed by atoms with Gasteiger partial charge in [0.25, 0.3) is 0 Å². The van der Waals surface area contributed by atoms with E-state index < -0.39 is 0 Å². The van der Waals surface area contributed by atoms with E-state index in [2.05, 4.69) is 191 Å². The van der Waals surface area contributed by atoms with E-state index in [-0.39, 0.29) is 5.82 Å². The van der Waals surface area contributed by atoms with Crippen molar-refractivity contribution in [3.05, 3.63) is 218 Å². The van der Waals surface area contributed by atoms with E-state index in [4.69, 9.17) is 0 Å². The molecule has 10 rings (SSSR count). The van der Waals surface area contributed by atoms with Gasteiger partial charge in [0, 0.05) is 33.5 Å². The molecule has 10 aromatic rings. The van der Waals surface area contributed by atoms with Crippen LogP contribution in [0.1, 0.15) is 0 Å². The third-order valence-electron chi connectivity index (χ3n) is 10.7. The Labute approximate surface area is 319 Å². The molecule has 0 radical (unpaired) electrons. The van der Waals surface area contributed by atoms with Gasteiger partial charge in [-0.25, -0.2) is 4.39 Å². The maximum absolute atomic E-state index is 13.7. The first-order chi connectivity index (χ1) is 27.2. The van der Waals surface area contributed by atoms with E-state index in [1.807, 2.05) is 18.2 Å². The summed E-state index contributed by atoms with van der Waals surface area (Å²) in [5, 5.41) is 4.93.